The van der Waals surface area contributed by atoms with Crippen molar-refractivity contribution in [1.29, 1.82) is 0 Å². The van der Waals surface area contributed by atoms with Gasteiger partial charge in [0.15, 0.2) is 0 Å². The molecule has 1 aromatic rings. The van der Waals surface area contributed by atoms with Crippen molar-refractivity contribution in [3.63, 3.8) is 0 Å². The zero-order valence-electron chi connectivity index (χ0n) is 15.6. The number of piperidine rings is 1. The van der Waals surface area contributed by atoms with Gasteiger partial charge in [-0.25, -0.2) is 0 Å². The number of rotatable bonds is 2. The molecule has 1 aliphatic carbocycles. The summed E-state index contributed by atoms with van der Waals surface area (Å²) in [6, 6.07) is 5.91. The number of anilines is 1. The normalized spacial score (nSPS) is 34.4. The van der Waals surface area contributed by atoms with Gasteiger partial charge in [0.2, 0.25) is 17.7 Å². The van der Waals surface area contributed by atoms with Gasteiger partial charge in [-0.3, -0.25) is 19.7 Å². The molecule has 1 heterocycles. The van der Waals surface area contributed by atoms with Crippen molar-refractivity contribution in [2.24, 2.45) is 16.2 Å². The van der Waals surface area contributed by atoms with Crippen LogP contribution in [0.15, 0.2) is 18.2 Å². The average molecular weight is 342 g/mol. The zero-order chi connectivity index (χ0) is 18.6. The van der Waals surface area contributed by atoms with E-state index in [1.54, 1.807) is 0 Å². The molecular weight excluding hydrogens is 316 g/mol. The van der Waals surface area contributed by atoms with Gasteiger partial charge in [-0.2, -0.15) is 0 Å². The number of imide groups is 1. The Morgan fingerprint density at radius 2 is 1.40 bits per heavy atom. The fourth-order valence-corrected chi connectivity index (χ4v) is 4.99. The van der Waals surface area contributed by atoms with Crippen molar-refractivity contribution in [2.45, 2.75) is 53.9 Å². The number of hydrogen-bond donors (Lipinski definition) is 2. The van der Waals surface area contributed by atoms with E-state index in [2.05, 4.69) is 10.6 Å². The smallest absolute Gasteiger partial charge is 0.232 e. The molecule has 5 nitrogen and oxygen atoms in total. The third-order valence-corrected chi connectivity index (χ3v) is 5.69. The predicted octanol–water partition coefficient (Wildman–Crippen LogP) is 3.10. The molecule has 0 spiro atoms. The van der Waals surface area contributed by atoms with Gasteiger partial charge in [0.05, 0.1) is 0 Å². The van der Waals surface area contributed by atoms with Crippen LogP contribution in [-0.4, -0.2) is 17.7 Å². The van der Waals surface area contributed by atoms with Crippen LogP contribution in [0, 0.1) is 30.1 Å². The Kier molecular flexibility index (Phi) is 3.82. The maximum atomic E-state index is 13.1. The van der Waals surface area contributed by atoms with Crippen LogP contribution in [-0.2, 0) is 14.4 Å². The highest BCUT2D eigenvalue weighted by atomic mass is 16.2. The minimum atomic E-state index is -0.771. The number of amides is 3. The molecule has 2 aliphatic rings. The van der Waals surface area contributed by atoms with E-state index in [1.165, 1.54) is 0 Å². The number of hydrogen-bond acceptors (Lipinski definition) is 3. The first-order valence-electron chi connectivity index (χ1n) is 8.72. The highest BCUT2D eigenvalue weighted by Crippen LogP contribution is 2.56. The second kappa shape index (κ2) is 5.41. The summed E-state index contributed by atoms with van der Waals surface area (Å²) in [4.78, 5) is 37.8. The standard InChI is InChI=1S/C20H26N2O3/c1-12-6-13(2)8-14(7-12)21-15(23)18(3)9-19(4)11-20(5,10-18)17(25)22-16(19)24/h6-8H,9-11H2,1-5H3,(H,21,23)(H,22,24,25). The zero-order valence-corrected chi connectivity index (χ0v) is 15.6. The summed E-state index contributed by atoms with van der Waals surface area (Å²) >= 11 is 0. The Morgan fingerprint density at radius 3 is 1.88 bits per heavy atom. The Morgan fingerprint density at radius 1 is 0.920 bits per heavy atom. The fraction of sp³-hybridized carbons (Fsp3) is 0.550. The van der Waals surface area contributed by atoms with E-state index in [1.807, 2.05) is 52.8 Å². The van der Waals surface area contributed by atoms with Gasteiger partial charge < -0.3 is 5.32 Å². The molecule has 1 saturated heterocycles. The van der Waals surface area contributed by atoms with Gasteiger partial charge in [0.1, 0.15) is 0 Å². The van der Waals surface area contributed by atoms with Crippen LogP contribution in [0.2, 0.25) is 0 Å². The lowest BCUT2D eigenvalue weighted by atomic mass is 9.52. The summed E-state index contributed by atoms with van der Waals surface area (Å²) in [6.45, 7) is 9.55. The van der Waals surface area contributed by atoms with Gasteiger partial charge >= 0.3 is 0 Å². The molecule has 25 heavy (non-hydrogen) atoms. The molecule has 2 fully saturated rings. The van der Waals surface area contributed by atoms with E-state index in [-0.39, 0.29) is 17.7 Å². The Balaban J connectivity index is 1.91. The van der Waals surface area contributed by atoms with Crippen molar-refractivity contribution >= 4 is 23.4 Å². The molecule has 2 unspecified atom stereocenters. The van der Waals surface area contributed by atoms with E-state index < -0.39 is 16.2 Å². The SMILES string of the molecule is Cc1cc(C)cc(NC(=O)C2(C)CC3(C)CC(C)(C2)C(=O)NC3=O)c1. The lowest BCUT2D eigenvalue weighted by Gasteiger charge is -2.53. The summed E-state index contributed by atoms with van der Waals surface area (Å²) in [5.74, 6) is -0.655. The van der Waals surface area contributed by atoms with E-state index in [0.717, 1.165) is 16.8 Å². The molecule has 0 aromatic heterocycles. The Hall–Kier alpha value is -2.17. The average Bonchev–Trinajstić information content (AvgIpc) is 2.43. The van der Waals surface area contributed by atoms with Crippen LogP contribution < -0.4 is 10.6 Å². The number of aryl methyl sites for hydroxylation is 2. The number of carbonyl (C=O) groups is 3. The van der Waals surface area contributed by atoms with Crippen LogP contribution in [0.3, 0.4) is 0 Å². The van der Waals surface area contributed by atoms with Crippen LogP contribution in [0.25, 0.3) is 0 Å². The third-order valence-electron chi connectivity index (χ3n) is 5.69. The molecule has 0 radical (unpaired) electrons. The molecule has 1 aromatic carbocycles. The molecule has 3 amide bonds. The molecule has 2 atom stereocenters. The second-order valence-corrected chi connectivity index (χ2v) is 8.83. The first kappa shape index (κ1) is 17.6. The van der Waals surface area contributed by atoms with Crippen molar-refractivity contribution in [1.82, 2.24) is 5.32 Å². The largest absolute Gasteiger partial charge is 0.326 e. The number of carbonyl (C=O) groups excluding carboxylic acids is 3. The quantitative estimate of drug-likeness (QED) is 0.811. The van der Waals surface area contributed by atoms with Crippen molar-refractivity contribution in [3.05, 3.63) is 29.3 Å². The Labute approximate surface area is 148 Å². The lowest BCUT2D eigenvalue weighted by Crippen LogP contribution is -2.63. The van der Waals surface area contributed by atoms with E-state index >= 15 is 0 Å². The summed E-state index contributed by atoms with van der Waals surface area (Å²) in [5, 5.41) is 5.50. The number of fused-ring (bicyclic) bond motifs is 2. The molecule has 2 bridgehead atoms. The van der Waals surface area contributed by atoms with Gasteiger partial charge in [0.25, 0.3) is 0 Å². The second-order valence-electron chi connectivity index (χ2n) is 8.83. The fourth-order valence-electron chi connectivity index (χ4n) is 4.99. The molecule has 134 valence electrons. The highest BCUT2D eigenvalue weighted by Gasteiger charge is 2.60. The Bertz CT molecular complexity index is 737. The summed E-state index contributed by atoms with van der Waals surface area (Å²) in [7, 11) is 0. The van der Waals surface area contributed by atoms with Crippen LogP contribution in [0.4, 0.5) is 5.69 Å². The predicted molar refractivity (Wildman–Crippen MR) is 95.9 cm³/mol. The minimum absolute atomic E-state index is 0.128. The van der Waals surface area contributed by atoms with E-state index in [4.69, 9.17) is 0 Å². The molecule has 2 N–H and O–H groups in total. The van der Waals surface area contributed by atoms with Crippen LogP contribution in [0.5, 0.6) is 0 Å². The molecule has 1 aliphatic heterocycles. The summed E-state index contributed by atoms with van der Waals surface area (Å²) < 4.78 is 0. The summed E-state index contributed by atoms with van der Waals surface area (Å²) in [5.41, 5.74) is 0.743. The maximum Gasteiger partial charge on any atom is 0.232 e. The van der Waals surface area contributed by atoms with Gasteiger partial charge in [-0.1, -0.05) is 26.8 Å². The molecule has 1 saturated carbocycles. The lowest BCUT2D eigenvalue weighted by molar-refractivity contribution is -0.163. The van der Waals surface area contributed by atoms with Gasteiger partial charge in [-0.15, -0.1) is 0 Å². The minimum Gasteiger partial charge on any atom is -0.326 e. The maximum absolute atomic E-state index is 13.1. The van der Waals surface area contributed by atoms with Crippen molar-refractivity contribution in [3.8, 4) is 0 Å². The number of benzene rings is 1. The summed E-state index contributed by atoms with van der Waals surface area (Å²) in [6.07, 6.45) is 1.37. The van der Waals surface area contributed by atoms with E-state index in [9.17, 15) is 14.4 Å². The highest BCUT2D eigenvalue weighted by molar-refractivity contribution is 6.05. The van der Waals surface area contributed by atoms with Crippen molar-refractivity contribution < 1.29 is 14.4 Å². The van der Waals surface area contributed by atoms with Gasteiger partial charge in [0, 0.05) is 21.9 Å². The van der Waals surface area contributed by atoms with Crippen LogP contribution in [0.1, 0.15) is 51.2 Å². The molecule has 3 rings (SSSR count). The molecule has 5 heteroatoms. The monoisotopic (exact) mass is 342 g/mol. The topological polar surface area (TPSA) is 75.3 Å². The first-order chi connectivity index (χ1) is 11.5. The first-order valence-corrected chi connectivity index (χ1v) is 8.72. The number of nitrogens with one attached hydrogen (secondary N) is 2. The van der Waals surface area contributed by atoms with Crippen LogP contribution >= 0.6 is 0 Å². The molecular formula is C20H26N2O3. The third kappa shape index (κ3) is 2.96. The van der Waals surface area contributed by atoms with Gasteiger partial charge in [-0.05, 0) is 56.4 Å². The van der Waals surface area contributed by atoms with Crippen molar-refractivity contribution in [2.75, 3.05) is 5.32 Å². The van der Waals surface area contributed by atoms with E-state index in [0.29, 0.717) is 19.3 Å².